The smallest absolute Gasteiger partial charge is 0.136 e. The third-order valence-electron chi connectivity index (χ3n) is 9.42. The van der Waals surface area contributed by atoms with E-state index < -0.39 is 0 Å². The molecule has 0 bridgehead atoms. The van der Waals surface area contributed by atoms with Crippen molar-refractivity contribution in [2.24, 2.45) is 0 Å². The normalized spacial score (nSPS) is 12.1. The molecule has 0 spiro atoms. The summed E-state index contributed by atoms with van der Waals surface area (Å²) in [4.78, 5) is 0. The fourth-order valence-corrected chi connectivity index (χ4v) is 7.23. The van der Waals surface area contributed by atoms with Crippen molar-refractivity contribution in [3.63, 3.8) is 0 Å². The van der Waals surface area contributed by atoms with Crippen molar-refractivity contribution in [1.82, 2.24) is 0 Å². The number of furan rings is 1. The van der Waals surface area contributed by atoms with Gasteiger partial charge < -0.3 is 9.15 Å². The van der Waals surface area contributed by atoms with E-state index in [0.29, 0.717) is 0 Å². The van der Waals surface area contributed by atoms with Crippen LogP contribution >= 0.6 is 0 Å². The lowest BCUT2D eigenvalue weighted by Crippen LogP contribution is -1.97. The highest BCUT2D eigenvalue weighted by Crippen LogP contribution is 2.48. The molecule has 2 nitrogen and oxygen atoms in total. The molecule has 0 radical (unpaired) electrons. The topological polar surface area (TPSA) is 22.4 Å². The van der Waals surface area contributed by atoms with E-state index in [1.54, 1.807) is 0 Å². The maximum Gasteiger partial charge on any atom is 0.136 e. The van der Waals surface area contributed by atoms with Crippen LogP contribution in [0, 0.1) is 0 Å². The molecule has 1 aromatic heterocycles. The Labute approximate surface area is 265 Å². The zero-order chi connectivity index (χ0) is 30.2. The van der Waals surface area contributed by atoms with Crippen LogP contribution in [-0.4, -0.2) is 0 Å². The molecule has 0 unspecified atom stereocenters. The van der Waals surface area contributed by atoms with Gasteiger partial charge in [-0.25, -0.2) is 0 Å². The first-order chi connectivity index (χ1) is 22.8. The number of fused-ring (bicyclic) bond motifs is 6. The molecule has 1 aliphatic heterocycles. The summed E-state index contributed by atoms with van der Waals surface area (Å²) in [5.74, 6) is 1.82. The van der Waals surface area contributed by atoms with Gasteiger partial charge in [-0.1, -0.05) is 109 Å². The first-order valence-corrected chi connectivity index (χ1v) is 15.7. The second-order valence-electron chi connectivity index (χ2n) is 12.1. The van der Waals surface area contributed by atoms with Gasteiger partial charge in [-0.3, -0.25) is 0 Å². The predicted octanol–water partition coefficient (Wildman–Crippen LogP) is 12.7. The number of hydrogen-bond donors (Lipinski definition) is 0. The van der Waals surface area contributed by atoms with Crippen LogP contribution in [0.5, 0.6) is 11.5 Å². The third kappa shape index (κ3) is 3.84. The Morgan fingerprint density at radius 3 is 1.89 bits per heavy atom. The fourth-order valence-electron chi connectivity index (χ4n) is 7.23. The van der Waals surface area contributed by atoms with Crippen LogP contribution in [-0.2, 0) is 0 Å². The van der Waals surface area contributed by atoms with Gasteiger partial charge in [0.05, 0.1) is 0 Å². The summed E-state index contributed by atoms with van der Waals surface area (Å²) in [7, 11) is 0. The summed E-state index contributed by atoms with van der Waals surface area (Å²) in [5, 5.41) is 7.07. The van der Waals surface area contributed by atoms with Crippen LogP contribution < -0.4 is 4.74 Å². The molecule has 0 aliphatic carbocycles. The lowest BCUT2D eigenvalue weighted by Gasteiger charge is -2.22. The molecule has 0 saturated carbocycles. The lowest BCUT2D eigenvalue weighted by molar-refractivity contribution is 0.487. The van der Waals surface area contributed by atoms with Gasteiger partial charge in [-0.05, 0) is 104 Å². The minimum atomic E-state index is 0.904. The maximum absolute atomic E-state index is 6.34. The number of hydrogen-bond acceptors (Lipinski definition) is 2. The summed E-state index contributed by atoms with van der Waals surface area (Å²) in [6, 6.07) is 56.2. The lowest BCUT2D eigenvalue weighted by atomic mass is 9.90. The van der Waals surface area contributed by atoms with Gasteiger partial charge in [0.1, 0.15) is 22.7 Å². The van der Waals surface area contributed by atoms with Crippen molar-refractivity contribution < 1.29 is 9.15 Å². The summed E-state index contributed by atoms with van der Waals surface area (Å²) in [6.07, 6.45) is 0. The van der Waals surface area contributed by atoms with E-state index in [2.05, 4.69) is 146 Å². The van der Waals surface area contributed by atoms with Gasteiger partial charge in [0.2, 0.25) is 0 Å². The minimum absolute atomic E-state index is 0.904. The van der Waals surface area contributed by atoms with Crippen molar-refractivity contribution in [3.05, 3.63) is 158 Å². The molecule has 0 amide bonds. The molecule has 10 rings (SSSR count). The van der Waals surface area contributed by atoms with E-state index in [-0.39, 0.29) is 0 Å². The largest absolute Gasteiger partial charge is 0.456 e. The number of para-hydroxylation sites is 1. The molecule has 2 heteroatoms. The molecule has 2 heterocycles. The highest BCUT2D eigenvalue weighted by molar-refractivity contribution is 6.15. The van der Waals surface area contributed by atoms with Crippen molar-refractivity contribution in [2.75, 3.05) is 0 Å². The Morgan fingerprint density at radius 2 is 1.00 bits per heavy atom. The fraction of sp³-hybridized carbons (Fsp3) is 0. The zero-order valence-electron chi connectivity index (χ0n) is 24.8. The molecule has 214 valence electrons. The highest BCUT2D eigenvalue weighted by Gasteiger charge is 2.21. The van der Waals surface area contributed by atoms with Crippen molar-refractivity contribution in [2.45, 2.75) is 0 Å². The summed E-state index contributed by atoms with van der Waals surface area (Å²) >= 11 is 0. The predicted molar refractivity (Wildman–Crippen MR) is 191 cm³/mol. The third-order valence-corrected chi connectivity index (χ3v) is 9.42. The zero-order valence-corrected chi connectivity index (χ0v) is 24.8. The monoisotopic (exact) mass is 586 g/mol. The highest BCUT2D eigenvalue weighted by atomic mass is 16.5. The Balaban J connectivity index is 1.05. The Kier molecular flexibility index (Phi) is 5.31. The number of benzene rings is 8. The van der Waals surface area contributed by atoms with Crippen LogP contribution in [0.2, 0.25) is 0 Å². The van der Waals surface area contributed by atoms with E-state index in [4.69, 9.17) is 9.15 Å². The van der Waals surface area contributed by atoms with Crippen LogP contribution in [0.1, 0.15) is 0 Å². The van der Waals surface area contributed by atoms with Gasteiger partial charge in [0, 0.05) is 21.7 Å². The van der Waals surface area contributed by atoms with E-state index >= 15 is 0 Å². The van der Waals surface area contributed by atoms with Gasteiger partial charge in [0.25, 0.3) is 0 Å². The van der Waals surface area contributed by atoms with Crippen molar-refractivity contribution in [1.29, 1.82) is 0 Å². The molecule has 9 aromatic rings. The molecule has 8 aromatic carbocycles. The first kappa shape index (κ1) is 25.2. The molecule has 46 heavy (non-hydrogen) atoms. The van der Waals surface area contributed by atoms with Crippen molar-refractivity contribution >= 4 is 43.5 Å². The van der Waals surface area contributed by atoms with Gasteiger partial charge in [-0.2, -0.15) is 0 Å². The molecule has 0 atom stereocenters. The molecule has 1 aliphatic rings. The van der Waals surface area contributed by atoms with E-state index in [1.807, 2.05) is 12.1 Å². The second-order valence-corrected chi connectivity index (χ2v) is 12.1. The summed E-state index contributed by atoms with van der Waals surface area (Å²) in [5.41, 5.74) is 11.3. The second kappa shape index (κ2) is 9.69. The van der Waals surface area contributed by atoms with E-state index in [9.17, 15) is 0 Å². The van der Waals surface area contributed by atoms with E-state index in [0.717, 1.165) is 39.0 Å². The van der Waals surface area contributed by atoms with Crippen molar-refractivity contribution in [3.8, 4) is 56.0 Å². The Hall–Kier alpha value is -6.12. The number of ether oxygens (including phenoxy) is 1. The summed E-state index contributed by atoms with van der Waals surface area (Å²) < 4.78 is 12.6. The quantitative estimate of drug-likeness (QED) is 0.205. The van der Waals surface area contributed by atoms with Gasteiger partial charge in [-0.15, -0.1) is 0 Å². The average molecular weight is 587 g/mol. The summed E-state index contributed by atoms with van der Waals surface area (Å²) in [6.45, 7) is 0. The first-order valence-electron chi connectivity index (χ1n) is 15.7. The average Bonchev–Trinajstić information content (AvgIpc) is 3.48. The molecular weight excluding hydrogens is 560 g/mol. The standard InChI is InChI=1S/C44H26O2/c1-2-9-32-26-42-38(24-31(32)8-1)44-35(14-7-17-41(44)46-42)28-20-18-27(19-21-28)29-10-5-11-30(22-29)34-23-33-12-6-16-40-43(33)37(25-34)36-13-3-4-15-39(36)45-40/h1-26H. The SMILES string of the molecule is c1cc(-c2ccc(-c3cccc4oc5cc6ccccc6cc5c34)cc2)cc(-c2cc3c4c(cccc4c2)Oc2ccccc2-3)c1. The number of rotatable bonds is 3. The maximum atomic E-state index is 6.34. The van der Waals surface area contributed by atoms with Gasteiger partial charge in [0.15, 0.2) is 0 Å². The Morgan fingerprint density at radius 1 is 0.326 bits per heavy atom. The van der Waals surface area contributed by atoms with Crippen LogP contribution in [0.25, 0.3) is 88.0 Å². The molecule has 0 fully saturated rings. The van der Waals surface area contributed by atoms with Gasteiger partial charge >= 0.3 is 0 Å². The van der Waals surface area contributed by atoms with E-state index in [1.165, 1.54) is 60.5 Å². The van der Waals surface area contributed by atoms with Crippen LogP contribution in [0.3, 0.4) is 0 Å². The van der Waals surface area contributed by atoms with Crippen LogP contribution in [0.4, 0.5) is 0 Å². The molecular formula is C44H26O2. The Bertz CT molecular complexity index is 2660. The molecule has 0 N–H and O–H groups in total. The molecule has 0 saturated heterocycles. The minimum Gasteiger partial charge on any atom is -0.456 e. The van der Waals surface area contributed by atoms with Crippen LogP contribution in [0.15, 0.2) is 162 Å².